The molecule has 1 atom stereocenters. The lowest BCUT2D eigenvalue weighted by molar-refractivity contribution is -0.206. The van der Waals surface area contributed by atoms with Gasteiger partial charge in [0.25, 0.3) is 0 Å². The van der Waals surface area contributed by atoms with Crippen LogP contribution in [0.25, 0.3) is 0 Å². The van der Waals surface area contributed by atoms with Crippen LogP contribution in [0, 0.1) is 13.8 Å². The van der Waals surface area contributed by atoms with Crippen LogP contribution in [0.4, 0.5) is 13.2 Å². The summed E-state index contributed by atoms with van der Waals surface area (Å²) in [6.45, 7) is 4.17. The highest BCUT2D eigenvalue weighted by Gasteiger charge is 2.39. The molecular weight excluding hydrogens is 293 g/mol. The van der Waals surface area contributed by atoms with Crippen LogP contribution in [0.2, 0.25) is 0 Å². The van der Waals surface area contributed by atoms with Gasteiger partial charge >= 0.3 is 6.18 Å². The molecule has 0 heterocycles. The van der Waals surface area contributed by atoms with E-state index < -0.39 is 12.3 Å². The zero-order valence-electron chi connectivity index (χ0n) is 12.3. The minimum atomic E-state index is -4.69. The van der Waals surface area contributed by atoms with Gasteiger partial charge in [0, 0.05) is 0 Å². The summed E-state index contributed by atoms with van der Waals surface area (Å²) in [5.74, 6) is 0.293. The van der Waals surface area contributed by atoms with Gasteiger partial charge in [0.2, 0.25) is 0 Å². The van der Waals surface area contributed by atoms with Crippen molar-refractivity contribution in [2.75, 3.05) is 0 Å². The molecule has 0 spiro atoms. The fourth-order valence-electron chi connectivity index (χ4n) is 2.08. The Kier molecular flexibility index (Phi) is 4.76. The molecule has 0 saturated carbocycles. The lowest BCUT2D eigenvalue weighted by Gasteiger charge is -2.16. The van der Waals surface area contributed by atoms with E-state index in [1.807, 2.05) is 32.0 Å². The Morgan fingerprint density at radius 3 is 2.50 bits per heavy atom. The first-order chi connectivity index (χ1) is 10.3. The Morgan fingerprint density at radius 1 is 1.09 bits per heavy atom. The molecule has 2 rings (SSSR count). The van der Waals surface area contributed by atoms with E-state index in [1.165, 1.54) is 18.2 Å². The summed E-state index contributed by atoms with van der Waals surface area (Å²) >= 11 is 0. The number of ether oxygens (including phenoxy) is 1. The highest BCUT2D eigenvalue weighted by molar-refractivity contribution is 5.33. The predicted octanol–water partition coefficient (Wildman–Crippen LogP) is 4.48. The van der Waals surface area contributed by atoms with Crippen molar-refractivity contribution < 1.29 is 23.0 Å². The van der Waals surface area contributed by atoms with Gasteiger partial charge in [-0.15, -0.1) is 0 Å². The number of hydrogen-bond donors (Lipinski definition) is 1. The number of aliphatic hydroxyl groups is 1. The third kappa shape index (κ3) is 4.01. The van der Waals surface area contributed by atoms with Crippen molar-refractivity contribution in [2.45, 2.75) is 32.7 Å². The van der Waals surface area contributed by atoms with E-state index in [9.17, 15) is 18.3 Å². The van der Waals surface area contributed by atoms with Gasteiger partial charge in [-0.1, -0.05) is 35.9 Å². The Labute approximate surface area is 127 Å². The van der Waals surface area contributed by atoms with Crippen molar-refractivity contribution in [3.8, 4) is 5.75 Å². The van der Waals surface area contributed by atoms with Crippen LogP contribution in [0.5, 0.6) is 5.75 Å². The molecular formula is C17H17F3O2. The second kappa shape index (κ2) is 6.40. The number of benzene rings is 2. The number of aryl methyl sites for hydroxylation is 2. The Bertz CT molecular complexity index is 651. The number of rotatable bonds is 4. The maximum atomic E-state index is 12.5. The largest absolute Gasteiger partial charge is 0.489 e. The first kappa shape index (κ1) is 16.4. The van der Waals surface area contributed by atoms with Gasteiger partial charge in [-0.05, 0) is 42.7 Å². The van der Waals surface area contributed by atoms with Gasteiger partial charge in [0.05, 0.1) is 0 Å². The van der Waals surface area contributed by atoms with E-state index in [-0.39, 0.29) is 12.2 Å². The average Bonchev–Trinajstić information content (AvgIpc) is 2.47. The topological polar surface area (TPSA) is 29.5 Å². The summed E-state index contributed by atoms with van der Waals surface area (Å²) in [5, 5.41) is 9.27. The first-order valence-electron chi connectivity index (χ1n) is 6.81. The van der Waals surface area contributed by atoms with Crippen LogP contribution in [0.3, 0.4) is 0 Å². The molecule has 0 aliphatic heterocycles. The summed E-state index contributed by atoms with van der Waals surface area (Å²) in [6, 6.07) is 11.4. The van der Waals surface area contributed by atoms with E-state index in [0.29, 0.717) is 5.75 Å². The molecule has 1 unspecified atom stereocenters. The van der Waals surface area contributed by atoms with E-state index in [2.05, 4.69) is 0 Å². The summed E-state index contributed by atoms with van der Waals surface area (Å²) in [4.78, 5) is 0. The molecule has 0 amide bonds. The van der Waals surface area contributed by atoms with Gasteiger partial charge in [-0.25, -0.2) is 0 Å². The predicted molar refractivity (Wildman–Crippen MR) is 77.7 cm³/mol. The fourth-order valence-corrected chi connectivity index (χ4v) is 2.08. The molecule has 2 nitrogen and oxygen atoms in total. The first-order valence-corrected chi connectivity index (χ1v) is 6.81. The van der Waals surface area contributed by atoms with Crippen molar-refractivity contribution >= 4 is 0 Å². The summed E-state index contributed by atoms with van der Waals surface area (Å²) < 4.78 is 43.1. The molecule has 0 radical (unpaired) electrons. The second-order valence-electron chi connectivity index (χ2n) is 5.24. The molecule has 5 heteroatoms. The normalized spacial score (nSPS) is 13.0. The van der Waals surface area contributed by atoms with Crippen LogP contribution >= 0.6 is 0 Å². The van der Waals surface area contributed by atoms with Crippen LogP contribution < -0.4 is 4.74 Å². The Balaban J connectivity index is 2.12. The van der Waals surface area contributed by atoms with Gasteiger partial charge in [0.1, 0.15) is 12.4 Å². The monoisotopic (exact) mass is 310 g/mol. The highest BCUT2D eigenvalue weighted by Crippen LogP contribution is 2.33. The van der Waals surface area contributed by atoms with Crippen molar-refractivity contribution in [2.24, 2.45) is 0 Å². The lowest BCUT2D eigenvalue weighted by Crippen LogP contribution is -2.20. The number of alkyl halides is 3. The molecule has 0 saturated heterocycles. The molecule has 0 aliphatic rings. The zero-order chi connectivity index (χ0) is 16.3. The van der Waals surface area contributed by atoms with Gasteiger partial charge in [0.15, 0.2) is 6.10 Å². The lowest BCUT2D eigenvalue weighted by atomic mass is 10.1. The molecule has 2 aromatic carbocycles. The third-order valence-electron chi connectivity index (χ3n) is 3.38. The minimum absolute atomic E-state index is 0.231. The molecule has 22 heavy (non-hydrogen) atoms. The highest BCUT2D eigenvalue weighted by atomic mass is 19.4. The smallest absolute Gasteiger partial charge is 0.418 e. The maximum Gasteiger partial charge on any atom is 0.418 e. The summed E-state index contributed by atoms with van der Waals surface area (Å²) in [6.07, 6.45) is -7.19. The number of aliphatic hydroxyl groups excluding tert-OH is 1. The number of halogens is 3. The van der Waals surface area contributed by atoms with Crippen molar-refractivity contribution in [1.29, 1.82) is 0 Å². The van der Waals surface area contributed by atoms with Crippen molar-refractivity contribution in [1.82, 2.24) is 0 Å². The van der Waals surface area contributed by atoms with Gasteiger partial charge in [-0.3, -0.25) is 0 Å². The maximum absolute atomic E-state index is 12.5. The van der Waals surface area contributed by atoms with Crippen LogP contribution in [0.15, 0.2) is 42.5 Å². The quantitative estimate of drug-likeness (QED) is 0.902. The van der Waals surface area contributed by atoms with E-state index in [4.69, 9.17) is 4.74 Å². The number of hydrogen-bond acceptors (Lipinski definition) is 2. The zero-order valence-corrected chi connectivity index (χ0v) is 12.3. The molecule has 1 N–H and O–H groups in total. The summed E-state index contributed by atoms with van der Waals surface area (Å²) in [5.41, 5.74) is 2.88. The van der Waals surface area contributed by atoms with E-state index >= 15 is 0 Å². The molecule has 0 aromatic heterocycles. The van der Waals surface area contributed by atoms with Crippen LogP contribution in [0.1, 0.15) is 28.4 Å². The fraction of sp³-hybridized carbons (Fsp3) is 0.294. The molecule has 0 fully saturated rings. The second-order valence-corrected chi connectivity index (χ2v) is 5.24. The summed E-state index contributed by atoms with van der Waals surface area (Å²) in [7, 11) is 0. The molecule has 118 valence electrons. The van der Waals surface area contributed by atoms with Gasteiger partial charge < -0.3 is 9.84 Å². The minimum Gasteiger partial charge on any atom is -0.489 e. The van der Waals surface area contributed by atoms with Crippen molar-refractivity contribution in [3.05, 3.63) is 64.7 Å². The Hall–Kier alpha value is -2.01. The SMILES string of the molecule is Cc1ccc(C)c(COc2cccc(C(O)C(F)(F)F)c2)c1. The van der Waals surface area contributed by atoms with E-state index in [1.54, 1.807) is 6.07 Å². The molecule has 0 aliphatic carbocycles. The molecule has 0 bridgehead atoms. The van der Waals surface area contributed by atoms with Crippen LogP contribution in [-0.2, 0) is 6.61 Å². The van der Waals surface area contributed by atoms with Crippen LogP contribution in [-0.4, -0.2) is 11.3 Å². The van der Waals surface area contributed by atoms with Crippen molar-refractivity contribution in [3.63, 3.8) is 0 Å². The van der Waals surface area contributed by atoms with E-state index in [0.717, 1.165) is 16.7 Å². The average molecular weight is 310 g/mol. The third-order valence-corrected chi connectivity index (χ3v) is 3.38. The standard InChI is InChI=1S/C17H17F3O2/c1-11-6-7-12(2)14(8-11)10-22-15-5-3-4-13(9-15)16(21)17(18,19)20/h3-9,16,21H,10H2,1-2H3. The van der Waals surface area contributed by atoms with Gasteiger partial charge in [-0.2, -0.15) is 13.2 Å². The Morgan fingerprint density at radius 2 is 1.82 bits per heavy atom. The molecule has 2 aromatic rings.